The number of methoxy groups -OCH3 is 1. The summed E-state index contributed by atoms with van der Waals surface area (Å²) in [5.41, 5.74) is 2.35. The zero-order chi connectivity index (χ0) is 21.5. The number of aliphatic imine (C=N–C) groups is 1. The highest BCUT2D eigenvalue weighted by molar-refractivity contribution is 5.92. The first-order valence-electron chi connectivity index (χ1n) is 9.28. The lowest BCUT2D eigenvalue weighted by Crippen LogP contribution is -2.10. The van der Waals surface area contributed by atoms with Crippen LogP contribution in [0.2, 0.25) is 0 Å². The van der Waals surface area contributed by atoms with Crippen molar-refractivity contribution in [1.29, 1.82) is 0 Å². The molecular weight excluding hydrogens is 384 g/mol. The molecule has 7 heteroatoms. The highest BCUT2D eigenvalue weighted by Crippen LogP contribution is 2.29. The van der Waals surface area contributed by atoms with Crippen LogP contribution in [0.1, 0.15) is 28.4 Å². The predicted octanol–water partition coefficient (Wildman–Crippen LogP) is 5.14. The molecule has 0 amide bonds. The van der Waals surface area contributed by atoms with Gasteiger partial charge in [-0.1, -0.05) is 25.1 Å². The van der Waals surface area contributed by atoms with Gasteiger partial charge >= 0.3 is 11.7 Å². The number of esters is 1. The van der Waals surface area contributed by atoms with Crippen molar-refractivity contribution < 1.29 is 19.2 Å². The Hall–Kier alpha value is -4.00. The molecule has 3 rings (SSSR count). The van der Waals surface area contributed by atoms with E-state index >= 15 is 0 Å². The number of nitro groups is 1. The number of nitro benzene ring substituents is 1. The highest BCUT2D eigenvalue weighted by atomic mass is 16.6. The lowest BCUT2D eigenvalue weighted by atomic mass is 10.1. The highest BCUT2D eigenvalue weighted by Gasteiger charge is 2.19. The van der Waals surface area contributed by atoms with Crippen LogP contribution in [0.25, 0.3) is 0 Å². The SMILES string of the molecule is CCc1ccccc1N=Cc1ccc(OC(=O)c2ccc(OC)cc2)c([N+](=O)[O-])c1. The molecule has 0 atom stereocenters. The maximum Gasteiger partial charge on any atom is 0.343 e. The van der Waals surface area contributed by atoms with Crippen LogP contribution < -0.4 is 9.47 Å². The Kier molecular flexibility index (Phi) is 6.54. The molecule has 0 saturated heterocycles. The number of ether oxygens (including phenoxy) is 2. The van der Waals surface area contributed by atoms with Crippen molar-refractivity contribution in [3.8, 4) is 11.5 Å². The summed E-state index contributed by atoms with van der Waals surface area (Å²) in [6, 6.07) is 18.3. The second kappa shape index (κ2) is 9.47. The van der Waals surface area contributed by atoms with Crippen molar-refractivity contribution in [2.75, 3.05) is 7.11 Å². The summed E-state index contributed by atoms with van der Waals surface area (Å²) in [6.45, 7) is 2.03. The van der Waals surface area contributed by atoms with Crippen LogP contribution in [0.15, 0.2) is 71.7 Å². The van der Waals surface area contributed by atoms with Gasteiger partial charge in [0.05, 0.1) is 23.3 Å². The van der Waals surface area contributed by atoms with Crippen molar-refractivity contribution in [2.45, 2.75) is 13.3 Å². The van der Waals surface area contributed by atoms with E-state index in [1.165, 1.54) is 31.4 Å². The largest absolute Gasteiger partial charge is 0.497 e. The van der Waals surface area contributed by atoms with E-state index in [0.717, 1.165) is 17.7 Å². The number of benzene rings is 3. The molecule has 0 heterocycles. The fourth-order valence-corrected chi connectivity index (χ4v) is 2.81. The molecule has 3 aromatic rings. The lowest BCUT2D eigenvalue weighted by molar-refractivity contribution is -0.385. The molecule has 0 N–H and O–H groups in total. The van der Waals surface area contributed by atoms with E-state index < -0.39 is 10.9 Å². The molecule has 0 aliphatic heterocycles. The number of aryl methyl sites for hydroxylation is 1. The average molecular weight is 404 g/mol. The van der Waals surface area contributed by atoms with Gasteiger partial charge in [0.1, 0.15) is 5.75 Å². The zero-order valence-corrected chi connectivity index (χ0v) is 16.6. The van der Waals surface area contributed by atoms with Crippen molar-refractivity contribution in [3.05, 3.63) is 93.5 Å². The van der Waals surface area contributed by atoms with E-state index in [0.29, 0.717) is 11.3 Å². The monoisotopic (exact) mass is 404 g/mol. The van der Waals surface area contributed by atoms with Crippen molar-refractivity contribution in [3.63, 3.8) is 0 Å². The fraction of sp³-hybridized carbons (Fsp3) is 0.130. The standard InChI is InChI=1S/C23H20N2O5/c1-3-17-6-4-5-7-20(17)24-15-16-8-13-22(21(14-16)25(27)28)30-23(26)18-9-11-19(29-2)12-10-18/h4-15H,3H2,1-2H3. The summed E-state index contributed by atoms with van der Waals surface area (Å²) in [5.74, 6) is -0.239. The van der Waals surface area contributed by atoms with Crippen LogP contribution in [0, 0.1) is 10.1 Å². The molecule has 7 nitrogen and oxygen atoms in total. The van der Waals surface area contributed by atoms with E-state index in [4.69, 9.17) is 9.47 Å². The first-order chi connectivity index (χ1) is 14.5. The quantitative estimate of drug-likeness (QED) is 0.179. The molecule has 0 aliphatic rings. The number of carbonyl (C=O) groups excluding carboxylic acids is 1. The normalized spacial score (nSPS) is 10.7. The summed E-state index contributed by atoms with van der Waals surface area (Å²) in [5, 5.41) is 11.5. The number of rotatable bonds is 7. The van der Waals surface area contributed by atoms with E-state index in [2.05, 4.69) is 4.99 Å². The third-order valence-corrected chi connectivity index (χ3v) is 4.43. The van der Waals surface area contributed by atoms with Crippen LogP contribution in [-0.4, -0.2) is 24.2 Å². The lowest BCUT2D eigenvalue weighted by Gasteiger charge is -2.07. The minimum atomic E-state index is -0.695. The second-order valence-corrected chi connectivity index (χ2v) is 6.34. The Bertz CT molecular complexity index is 1090. The minimum Gasteiger partial charge on any atom is -0.497 e. The molecule has 0 bridgehead atoms. The summed E-state index contributed by atoms with van der Waals surface area (Å²) >= 11 is 0. The number of carbonyl (C=O) groups is 1. The van der Waals surface area contributed by atoms with E-state index in [-0.39, 0.29) is 17.0 Å². The second-order valence-electron chi connectivity index (χ2n) is 6.34. The third-order valence-electron chi connectivity index (χ3n) is 4.43. The molecule has 0 unspecified atom stereocenters. The summed E-state index contributed by atoms with van der Waals surface area (Å²) in [4.78, 5) is 27.7. The van der Waals surface area contributed by atoms with Crippen molar-refractivity contribution in [1.82, 2.24) is 0 Å². The molecule has 30 heavy (non-hydrogen) atoms. The molecule has 0 fully saturated rings. The zero-order valence-electron chi connectivity index (χ0n) is 16.6. The topological polar surface area (TPSA) is 91.0 Å². The Morgan fingerprint density at radius 3 is 2.50 bits per heavy atom. The Balaban J connectivity index is 1.83. The van der Waals surface area contributed by atoms with Gasteiger partial charge in [-0.3, -0.25) is 15.1 Å². The van der Waals surface area contributed by atoms with Gasteiger partial charge in [-0.05, 0) is 60.0 Å². The minimum absolute atomic E-state index is 0.132. The molecule has 0 saturated carbocycles. The molecular formula is C23H20N2O5. The third kappa shape index (κ3) is 4.88. The fourth-order valence-electron chi connectivity index (χ4n) is 2.81. The van der Waals surface area contributed by atoms with Crippen molar-refractivity contribution >= 4 is 23.6 Å². The predicted molar refractivity (Wildman–Crippen MR) is 114 cm³/mol. The van der Waals surface area contributed by atoms with E-state index in [1.807, 2.05) is 31.2 Å². The van der Waals surface area contributed by atoms with Gasteiger partial charge in [-0.2, -0.15) is 0 Å². The number of hydrogen-bond donors (Lipinski definition) is 0. The van der Waals surface area contributed by atoms with Crippen LogP contribution >= 0.6 is 0 Å². The van der Waals surface area contributed by atoms with Gasteiger partial charge in [0.25, 0.3) is 0 Å². The van der Waals surface area contributed by atoms with Gasteiger partial charge in [-0.25, -0.2) is 4.79 Å². The van der Waals surface area contributed by atoms with Gasteiger partial charge in [0, 0.05) is 12.3 Å². The first-order valence-corrected chi connectivity index (χ1v) is 9.28. The Labute approximate surface area is 173 Å². The Morgan fingerprint density at radius 1 is 1.10 bits per heavy atom. The molecule has 0 aromatic heterocycles. The van der Waals surface area contributed by atoms with Gasteiger partial charge in [-0.15, -0.1) is 0 Å². The number of para-hydroxylation sites is 1. The molecule has 0 spiro atoms. The summed E-state index contributed by atoms with van der Waals surface area (Å²) in [6.07, 6.45) is 2.38. The summed E-state index contributed by atoms with van der Waals surface area (Å²) in [7, 11) is 1.52. The first kappa shape index (κ1) is 20.7. The maximum absolute atomic E-state index is 12.3. The van der Waals surface area contributed by atoms with E-state index in [9.17, 15) is 14.9 Å². The molecule has 3 aromatic carbocycles. The van der Waals surface area contributed by atoms with Gasteiger partial charge in [0.2, 0.25) is 5.75 Å². The molecule has 152 valence electrons. The van der Waals surface area contributed by atoms with Crippen molar-refractivity contribution in [2.24, 2.45) is 4.99 Å². The maximum atomic E-state index is 12.3. The summed E-state index contributed by atoms with van der Waals surface area (Å²) < 4.78 is 10.3. The van der Waals surface area contributed by atoms with Crippen LogP contribution in [0.4, 0.5) is 11.4 Å². The number of nitrogens with zero attached hydrogens (tertiary/aromatic N) is 2. The Morgan fingerprint density at radius 2 is 1.83 bits per heavy atom. The van der Waals surface area contributed by atoms with Crippen LogP contribution in [0.3, 0.4) is 0 Å². The van der Waals surface area contributed by atoms with Gasteiger partial charge in [0.15, 0.2) is 0 Å². The average Bonchev–Trinajstić information content (AvgIpc) is 2.78. The smallest absolute Gasteiger partial charge is 0.343 e. The molecule has 0 radical (unpaired) electrons. The molecule has 0 aliphatic carbocycles. The van der Waals surface area contributed by atoms with Crippen LogP contribution in [0.5, 0.6) is 11.5 Å². The number of hydrogen-bond acceptors (Lipinski definition) is 6. The van der Waals surface area contributed by atoms with Crippen LogP contribution in [-0.2, 0) is 6.42 Å². The van der Waals surface area contributed by atoms with Gasteiger partial charge < -0.3 is 9.47 Å². The van der Waals surface area contributed by atoms with E-state index in [1.54, 1.807) is 24.4 Å².